The first-order chi connectivity index (χ1) is 12.5. The fourth-order valence-electron chi connectivity index (χ4n) is 2.27. The number of halogens is 1. The van der Waals surface area contributed by atoms with Crippen LogP contribution in [-0.2, 0) is 4.79 Å². The summed E-state index contributed by atoms with van der Waals surface area (Å²) in [7, 11) is 0. The van der Waals surface area contributed by atoms with Crippen LogP contribution in [0.15, 0.2) is 58.4 Å². The molecule has 5 nitrogen and oxygen atoms in total. The Morgan fingerprint density at radius 1 is 1.12 bits per heavy atom. The maximum atomic E-state index is 12.5. The second-order valence-corrected chi connectivity index (χ2v) is 7.26. The fourth-order valence-corrected chi connectivity index (χ4v) is 3.38. The fraction of sp³-hybridized carbons (Fsp3) is 0.105. The van der Waals surface area contributed by atoms with E-state index >= 15 is 0 Å². The monoisotopic (exact) mass is 429 g/mol. The van der Waals surface area contributed by atoms with E-state index < -0.39 is 0 Å². The molecule has 2 aromatic carbocycles. The Morgan fingerprint density at radius 2 is 1.92 bits per heavy atom. The van der Waals surface area contributed by atoms with Gasteiger partial charge in [0.25, 0.3) is 5.91 Å². The molecular weight excluding hydrogens is 414 g/mol. The summed E-state index contributed by atoms with van der Waals surface area (Å²) >= 11 is 4.81. The number of rotatable bonds is 5. The molecule has 0 spiro atoms. The molecule has 1 heterocycles. The van der Waals surface area contributed by atoms with E-state index in [1.807, 2.05) is 29.6 Å². The van der Waals surface area contributed by atoms with Gasteiger partial charge < -0.3 is 5.32 Å². The molecule has 0 saturated carbocycles. The van der Waals surface area contributed by atoms with E-state index in [0.29, 0.717) is 22.8 Å². The Labute approximate surface area is 163 Å². The van der Waals surface area contributed by atoms with Gasteiger partial charge >= 0.3 is 0 Å². The van der Waals surface area contributed by atoms with Crippen LogP contribution in [0.25, 0.3) is 11.3 Å². The Hall–Kier alpha value is -2.51. The number of nitrogens with zero attached hydrogens (tertiary/aromatic N) is 1. The van der Waals surface area contributed by atoms with Crippen molar-refractivity contribution in [2.75, 3.05) is 10.6 Å². The lowest BCUT2D eigenvalue weighted by molar-refractivity contribution is -0.115. The molecule has 0 radical (unpaired) electrons. The average molecular weight is 430 g/mol. The molecule has 3 aromatic rings. The van der Waals surface area contributed by atoms with Gasteiger partial charge in [-0.3, -0.25) is 14.9 Å². The summed E-state index contributed by atoms with van der Waals surface area (Å²) in [4.78, 5) is 28.4. The number of hydrogen-bond donors (Lipinski definition) is 2. The van der Waals surface area contributed by atoms with Crippen molar-refractivity contribution in [3.63, 3.8) is 0 Å². The van der Waals surface area contributed by atoms with Gasteiger partial charge in [-0.05, 0) is 30.3 Å². The lowest BCUT2D eigenvalue weighted by Crippen LogP contribution is -2.13. The molecule has 0 bridgehead atoms. The maximum absolute atomic E-state index is 12.5. The highest BCUT2D eigenvalue weighted by Crippen LogP contribution is 2.27. The summed E-state index contributed by atoms with van der Waals surface area (Å²) in [6.07, 6.45) is 0.383. The van der Waals surface area contributed by atoms with Crippen LogP contribution >= 0.6 is 27.3 Å². The molecule has 1 aromatic heterocycles. The molecular formula is C19H16BrN3O2S. The molecule has 0 aliphatic rings. The molecule has 0 atom stereocenters. The number of anilines is 2. The zero-order chi connectivity index (χ0) is 18.5. The Morgan fingerprint density at radius 3 is 2.69 bits per heavy atom. The van der Waals surface area contributed by atoms with Gasteiger partial charge in [-0.1, -0.05) is 41.1 Å². The maximum Gasteiger partial charge on any atom is 0.257 e. The number of thiazole rings is 1. The first kappa shape index (κ1) is 18.3. The van der Waals surface area contributed by atoms with Crippen LogP contribution in [0.4, 0.5) is 10.8 Å². The van der Waals surface area contributed by atoms with Crippen LogP contribution < -0.4 is 10.6 Å². The number of nitrogens with one attached hydrogen (secondary N) is 2. The van der Waals surface area contributed by atoms with E-state index in [4.69, 9.17) is 0 Å². The molecule has 132 valence electrons. The van der Waals surface area contributed by atoms with E-state index in [0.717, 1.165) is 15.7 Å². The van der Waals surface area contributed by atoms with Gasteiger partial charge in [0.05, 0.1) is 5.69 Å². The summed E-state index contributed by atoms with van der Waals surface area (Å²) < 4.78 is 0.972. The third-order valence-electron chi connectivity index (χ3n) is 3.57. The Balaban J connectivity index is 1.72. The number of carbonyl (C=O) groups excluding carboxylic acids is 2. The summed E-state index contributed by atoms with van der Waals surface area (Å²) in [6.45, 7) is 1.78. The van der Waals surface area contributed by atoms with Crippen LogP contribution in [0.2, 0.25) is 0 Å². The zero-order valence-corrected chi connectivity index (χ0v) is 16.4. The van der Waals surface area contributed by atoms with E-state index in [2.05, 4.69) is 31.5 Å². The van der Waals surface area contributed by atoms with Gasteiger partial charge in [0, 0.05) is 33.1 Å². The van der Waals surface area contributed by atoms with E-state index in [-0.39, 0.29) is 11.8 Å². The smallest absolute Gasteiger partial charge is 0.257 e. The second-order valence-electron chi connectivity index (χ2n) is 5.48. The standard InChI is InChI=1S/C19H16BrN3O2S/c1-2-17(24)21-15-8-4-6-13(10-15)18(25)23-19-22-16(11-26-19)12-5-3-7-14(20)9-12/h3-11H,2H2,1H3,(H,21,24)(H,22,23,25). The lowest BCUT2D eigenvalue weighted by atomic mass is 10.2. The van der Waals surface area contributed by atoms with Crippen molar-refractivity contribution in [1.82, 2.24) is 4.98 Å². The normalized spacial score (nSPS) is 10.4. The van der Waals surface area contributed by atoms with Crippen molar-refractivity contribution in [3.05, 3.63) is 63.9 Å². The van der Waals surface area contributed by atoms with Crippen molar-refractivity contribution >= 4 is 49.9 Å². The predicted molar refractivity (Wildman–Crippen MR) is 109 cm³/mol. The number of benzene rings is 2. The van der Waals surface area contributed by atoms with Crippen LogP contribution in [0, 0.1) is 0 Å². The van der Waals surface area contributed by atoms with Crippen LogP contribution in [0.3, 0.4) is 0 Å². The molecule has 2 amide bonds. The van der Waals surface area contributed by atoms with Crippen LogP contribution in [0.5, 0.6) is 0 Å². The Bertz CT molecular complexity index is 955. The largest absolute Gasteiger partial charge is 0.326 e. The average Bonchev–Trinajstić information content (AvgIpc) is 3.10. The van der Waals surface area contributed by atoms with E-state index in [9.17, 15) is 9.59 Å². The van der Waals surface area contributed by atoms with Crippen molar-refractivity contribution in [3.8, 4) is 11.3 Å². The molecule has 0 saturated heterocycles. The number of amides is 2. The first-order valence-corrected chi connectivity index (χ1v) is 9.65. The SMILES string of the molecule is CCC(=O)Nc1cccc(C(=O)Nc2nc(-c3cccc(Br)c3)cs2)c1. The first-order valence-electron chi connectivity index (χ1n) is 7.98. The number of aromatic nitrogens is 1. The minimum absolute atomic E-state index is 0.0962. The molecule has 3 rings (SSSR count). The van der Waals surface area contributed by atoms with E-state index in [1.54, 1.807) is 31.2 Å². The van der Waals surface area contributed by atoms with Crippen molar-refractivity contribution in [2.45, 2.75) is 13.3 Å². The third kappa shape index (κ3) is 4.56. The molecule has 0 aliphatic carbocycles. The summed E-state index contributed by atoms with van der Waals surface area (Å²) in [5.74, 6) is -0.367. The molecule has 7 heteroatoms. The van der Waals surface area contributed by atoms with Crippen molar-refractivity contribution in [1.29, 1.82) is 0 Å². The highest BCUT2D eigenvalue weighted by atomic mass is 79.9. The molecule has 0 unspecified atom stereocenters. The van der Waals surface area contributed by atoms with Crippen LogP contribution in [0.1, 0.15) is 23.7 Å². The van der Waals surface area contributed by atoms with Crippen molar-refractivity contribution in [2.24, 2.45) is 0 Å². The molecule has 0 aliphatic heterocycles. The number of carbonyl (C=O) groups is 2. The minimum Gasteiger partial charge on any atom is -0.326 e. The van der Waals surface area contributed by atoms with E-state index in [1.165, 1.54) is 11.3 Å². The van der Waals surface area contributed by atoms with Gasteiger partial charge in [-0.15, -0.1) is 11.3 Å². The van der Waals surface area contributed by atoms with Gasteiger partial charge in [0.15, 0.2) is 5.13 Å². The zero-order valence-electron chi connectivity index (χ0n) is 14.0. The second kappa shape index (κ2) is 8.25. The topological polar surface area (TPSA) is 71.1 Å². The molecule has 2 N–H and O–H groups in total. The number of hydrogen-bond acceptors (Lipinski definition) is 4. The quantitative estimate of drug-likeness (QED) is 0.587. The molecule has 26 heavy (non-hydrogen) atoms. The lowest BCUT2D eigenvalue weighted by Gasteiger charge is -2.06. The summed E-state index contributed by atoms with van der Waals surface area (Å²) in [5.41, 5.74) is 2.83. The van der Waals surface area contributed by atoms with Gasteiger partial charge in [0.1, 0.15) is 0 Å². The summed E-state index contributed by atoms with van der Waals surface area (Å²) in [6, 6.07) is 14.6. The minimum atomic E-state index is -0.271. The van der Waals surface area contributed by atoms with Gasteiger partial charge in [-0.25, -0.2) is 4.98 Å². The Kier molecular flexibility index (Phi) is 5.80. The van der Waals surface area contributed by atoms with Crippen molar-refractivity contribution < 1.29 is 9.59 Å². The highest BCUT2D eigenvalue weighted by Gasteiger charge is 2.11. The van der Waals surface area contributed by atoms with Gasteiger partial charge in [-0.2, -0.15) is 0 Å². The summed E-state index contributed by atoms with van der Waals surface area (Å²) in [5, 5.41) is 7.97. The predicted octanol–water partition coefficient (Wildman–Crippen LogP) is 5.17. The third-order valence-corrected chi connectivity index (χ3v) is 4.83. The highest BCUT2D eigenvalue weighted by molar-refractivity contribution is 9.10. The van der Waals surface area contributed by atoms with Gasteiger partial charge in [0.2, 0.25) is 5.91 Å². The van der Waals surface area contributed by atoms with Crippen LogP contribution in [-0.4, -0.2) is 16.8 Å². The molecule has 0 fully saturated rings.